The molecule has 0 bridgehead atoms. The molecular formula is C10H15NO2. The fourth-order valence-corrected chi connectivity index (χ4v) is 1.21. The predicted molar refractivity (Wildman–Crippen MR) is 51.5 cm³/mol. The van der Waals surface area contributed by atoms with Crippen LogP contribution in [0.2, 0.25) is 0 Å². The molecular weight excluding hydrogens is 166 g/mol. The van der Waals surface area contributed by atoms with E-state index in [-0.39, 0.29) is 12.6 Å². The molecule has 0 radical (unpaired) electrons. The summed E-state index contributed by atoms with van der Waals surface area (Å²) in [6.45, 7) is 1.88. The molecule has 1 rings (SSSR count). The molecule has 0 unspecified atom stereocenters. The Morgan fingerprint density at radius 3 is 2.69 bits per heavy atom. The molecule has 1 atom stereocenters. The first-order valence-corrected chi connectivity index (χ1v) is 4.22. The summed E-state index contributed by atoms with van der Waals surface area (Å²) in [6, 6.07) is 5.58. The molecule has 1 aromatic rings. The predicted octanol–water partition coefficient (Wildman–Crippen LogP) is 1.21. The fourth-order valence-electron chi connectivity index (χ4n) is 1.21. The zero-order valence-corrected chi connectivity index (χ0v) is 7.95. The molecule has 72 valence electrons. The summed E-state index contributed by atoms with van der Waals surface area (Å²) in [5, 5.41) is 9.03. The molecule has 0 aliphatic heterocycles. The second kappa shape index (κ2) is 4.25. The highest BCUT2D eigenvalue weighted by Gasteiger charge is 2.05. The maximum Gasteiger partial charge on any atom is 0.124 e. The van der Waals surface area contributed by atoms with Gasteiger partial charge in [0.05, 0.1) is 13.7 Å². The number of rotatable bonds is 3. The van der Waals surface area contributed by atoms with Gasteiger partial charge in [-0.1, -0.05) is 6.07 Å². The van der Waals surface area contributed by atoms with Crippen LogP contribution in [0.5, 0.6) is 5.75 Å². The number of hydrogen-bond donors (Lipinski definition) is 2. The molecule has 13 heavy (non-hydrogen) atoms. The molecule has 3 heteroatoms. The van der Waals surface area contributed by atoms with Crippen molar-refractivity contribution in [2.24, 2.45) is 5.73 Å². The smallest absolute Gasteiger partial charge is 0.124 e. The van der Waals surface area contributed by atoms with Crippen LogP contribution in [0.1, 0.15) is 24.1 Å². The second-order valence-electron chi connectivity index (χ2n) is 3.02. The number of aliphatic hydroxyl groups excluding tert-OH is 1. The number of methoxy groups -OCH3 is 1. The van der Waals surface area contributed by atoms with Crippen molar-refractivity contribution < 1.29 is 9.84 Å². The van der Waals surface area contributed by atoms with E-state index in [2.05, 4.69) is 0 Å². The van der Waals surface area contributed by atoms with Crippen LogP contribution < -0.4 is 10.5 Å². The highest BCUT2D eigenvalue weighted by atomic mass is 16.5. The molecule has 0 aliphatic carbocycles. The monoisotopic (exact) mass is 181 g/mol. The lowest BCUT2D eigenvalue weighted by molar-refractivity contribution is 0.273. The third kappa shape index (κ3) is 2.20. The summed E-state index contributed by atoms with van der Waals surface area (Å²) in [7, 11) is 1.58. The van der Waals surface area contributed by atoms with Crippen LogP contribution >= 0.6 is 0 Å². The Morgan fingerprint density at radius 1 is 1.54 bits per heavy atom. The van der Waals surface area contributed by atoms with E-state index in [0.29, 0.717) is 5.75 Å². The molecule has 0 aliphatic rings. The number of hydrogen-bond acceptors (Lipinski definition) is 3. The van der Waals surface area contributed by atoms with E-state index >= 15 is 0 Å². The minimum Gasteiger partial charge on any atom is -0.496 e. The molecule has 0 fully saturated rings. The molecule has 3 N–H and O–H groups in total. The third-order valence-electron chi connectivity index (χ3n) is 2.00. The van der Waals surface area contributed by atoms with Crippen LogP contribution in [0.4, 0.5) is 0 Å². The molecule has 1 aromatic carbocycles. The lowest BCUT2D eigenvalue weighted by Crippen LogP contribution is -2.05. The zero-order valence-electron chi connectivity index (χ0n) is 7.95. The molecule has 0 spiro atoms. The number of ether oxygens (including phenoxy) is 1. The molecule has 0 saturated heterocycles. The molecule has 3 nitrogen and oxygen atoms in total. The van der Waals surface area contributed by atoms with E-state index < -0.39 is 0 Å². The van der Waals surface area contributed by atoms with E-state index in [4.69, 9.17) is 15.6 Å². The van der Waals surface area contributed by atoms with Crippen LogP contribution in [0.25, 0.3) is 0 Å². The van der Waals surface area contributed by atoms with Crippen LogP contribution in [0.3, 0.4) is 0 Å². The largest absolute Gasteiger partial charge is 0.496 e. The Morgan fingerprint density at radius 2 is 2.23 bits per heavy atom. The van der Waals surface area contributed by atoms with Gasteiger partial charge >= 0.3 is 0 Å². The molecule has 0 aromatic heterocycles. The fraction of sp³-hybridized carbons (Fsp3) is 0.400. The van der Waals surface area contributed by atoms with Crippen molar-refractivity contribution in [3.8, 4) is 5.75 Å². The Balaban J connectivity index is 3.05. The molecule has 0 saturated carbocycles. The first-order chi connectivity index (χ1) is 6.19. The van der Waals surface area contributed by atoms with Crippen molar-refractivity contribution in [3.05, 3.63) is 29.3 Å². The average molecular weight is 181 g/mol. The van der Waals surface area contributed by atoms with E-state index in [0.717, 1.165) is 11.1 Å². The number of aliphatic hydroxyl groups is 1. The maximum atomic E-state index is 9.03. The van der Waals surface area contributed by atoms with Gasteiger partial charge < -0.3 is 15.6 Å². The second-order valence-corrected chi connectivity index (χ2v) is 3.02. The van der Waals surface area contributed by atoms with E-state index in [1.165, 1.54) is 0 Å². The minimum absolute atomic E-state index is 0.0174. The Labute approximate surface area is 78.1 Å². The van der Waals surface area contributed by atoms with Gasteiger partial charge in [0.25, 0.3) is 0 Å². The summed E-state index contributed by atoms with van der Waals surface area (Å²) in [5.74, 6) is 0.701. The third-order valence-corrected chi connectivity index (χ3v) is 2.00. The lowest BCUT2D eigenvalue weighted by Gasteiger charge is -2.10. The summed E-state index contributed by atoms with van der Waals surface area (Å²) in [6.07, 6.45) is 0. The summed E-state index contributed by atoms with van der Waals surface area (Å²) < 4.78 is 5.07. The minimum atomic E-state index is -0.0241. The van der Waals surface area contributed by atoms with E-state index in [1.54, 1.807) is 7.11 Å². The van der Waals surface area contributed by atoms with E-state index in [9.17, 15) is 0 Å². The normalized spacial score (nSPS) is 12.6. The average Bonchev–Trinajstić information content (AvgIpc) is 2.16. The van der Waals surface area contributed by atoms with Gasteiger partial charge in [0, 0.05) is 11.6 Å². The van der Waals surface area contributed by atoms with Crippen molar-refractivity contribution in [1.82, 2.24) is 0 Å². The van der Waals surface area contributed by atoms with Crippen molar-refractivity contribution >= 4 is 0 Å². The SMILES string of the molecule is COc1ccc([C@@H](C)N)cc1CO. The molecule has 0 heterocycles. The quantitative estimate of drug-likeness (QED) is 0.736. The van der Waals surface area contributed by atoms with Crippen molar-refractivity contribution in [1.29, 1.82) is 0 Å². The standard InChI is InChI=1S/C10H15NO2/c1-7(11)8-3-4-10(13-2)9(5-8)6-12/h3-5,7,12H,6,11H2,1-2H3/t7-/m1/s1. The Kier molecular flexibility index (Phi) is 3.28. The van der Waals surface area contributed by atoms with Gasteiger partial charge in [-0.05, 0) is 24.6 Å². The number of benzene rings is 1. The summed E-state index contributed by atoms with van der Waals surface area (Å²) in [4.78, 5) is 0. The van der Waals surface area contributed by atoms with Gasteiger partial charge in [-0.25, -0.2) is 0 Å². The van der Waals surface area contributed by atoms with Gasteiger partial charge in [-0.3, -0.25) is 0 Å². The van der Waals surface area contributed by atoms with Crippen LogP contribution in [0.15, 0.2) is 18.2 Å². The summed E-state index contributed by atoms with van der Waals surface area (Å²) in [5.41, 5.74) is 7.49. The first-order valence-electron chi connectivity index (χ1n) is 4.22. The topological polar surface area (TPSA) is 55.5 Å². The number of nitrogens with two attached hydrogens (primary N) is 1. The lowest BCUT2D eigenvalue weighted by atomic mass is 10.1. The van der Waals surface area contributed by atoms with Crippen molar-refractivity contribution in [3.63, 3.8) is 0 Å². The Bertz CT molecular complexity index is 284. The van der Waals surface area contributed by atoms with Gasteiger partial charge in [0.1, 0.15) is 5.75 Å². The first kappa shape index (κ1) is 10.0. The van der Waals surface area contributed by atoms with E-state index in [1.807, 2.05) is 25.1 Å². The maximum absolute atomic E-state index is 9.03. The zero-order chi connectivity index (χ0) is 9.84. The van der Waals surface area contributed by atoms with Gasteiger partial charge in [0.2, 0.25) is 0 Å². The van der Waals surface area contributed by atoms with Gasteiger partial charge in [-0.15, -0.1) is 0 Å². The van der Waals surface area contributed by atoms with Crippen molar-refractivity contribution in [2.75, 3.05) is 7.11 Å². The van der Waals surface area contributed by atoms with Gasteiger partial charge in [-0.2, -0.15) is 0 Å². The van der Waals surface area contributed by atoms with Crippen molar-refractivity contribution in [2.45, 2.75) is 19.6 Å². The van der Waals surface area contributed by atoms with Crippen LogP contribution in [0, 0.1) is 0 Å². The van der Waals surface area contributed by atoms with Crippen LogP contribution in [-0.4, -0.2) is 12.2 Å². The highest BCUT2D eigenvalue weighted by Crippen LogP contribution is 2.22. The molecule has 0 amide bonds. The van der Waals surface area contributed by atoms with Crippen LogP contribution in [-0.2, 0) is 6.61 Å². The highest BCUT2D eigenvalue weighted by molar-refractivity contribution is 5.37. The summed E-state index contributed by atoms with van der Waals surface area (Å²) >= 11 is 0. The van der Waals surface area contributed by atoms with Gasteiger partial charge in [0.15, 0.2) is 0 Å². The Hall–Kier alpha value is -1.06.